The van der Waals surface area contributed by atoms with Crippen molar-refractivity contribution in [3.05, 3.63) is 0 Å². The Morgan fingerprint density at radius 1 is 1.00 bits per heavy atom. The lowest BCUT2D eigenvalue weighted by atomic mass is 9.91. The molecule has 0 atom stereocenters. The average Bonchev–Trinajstić information content (AvgIpc) is 2.33. The molecule has 1 saturated carbocycles. The monoisotopic (exact) mass is 295 g/mol. The SMILES string of the molecule is CC.CC.CC(=O)NS(C)(=O)=O.CC1CCCCC1. The highest BCUT2D eigenvalue weighted by atomic mass is 32.2. The van der Waals surface area contributed by atoms with Crippen LogP contribution in [0.3, 0.4) is 0 Å². The molecule has 1 amide bonds. The van der Waals surface area contributed by atoms with E-state index in [9.17, 15) is 13.2 Å². The first-order chi connectivity index (χ1) is 8.81. The van der Waals surface area contributed by atoms with E-state index < -0.39 is 15.9 Å². The number of rotatable bonds is 1. The molecule has 1 fully saturated rings. The summed E-state index contributed by atoms with van der Waals surface area (Å²) in [6.07, 6.45) is 8.36. The smallest absolute Gasteiger partial charge is 0.231 e. The molecular weight excluding hydrogens is 262 g/mol. The normalized spacial score (nSPS) is 14.5. The number of amides is 1. The topological polar surface area (TPSA) is 63.2 Å². The lowest BCUT2D eigenvalue weighted by Crippen LogP contribution is -2.26. The standard InChI is InChI=1S/C7H14.C3H7NO3S.2C2H6/c1-7-5-3-2-4-6-7;1-3(5)4-8(2,6)7;2*1-2/h7H,2-6H2,1H3;1-2H3,(H,4,5);2*1-2H3. The molecule has 0 aromatic carbocycles. The Kier molecular flexibility index (Phi) is 19.1. The van der Waals surface area contributed by atoms with Crippen LogP contribution in [0.15, 0.2) is 0 Å². The van der Waals surface area contributed by atoms with Gasteiger partial charge in [-0.25, -0.2) is 8.42 Å². The highest BCUT2D eigenvalue weighted by Crippen LogP contribution is 2.22. The quantitative estimate of drug-likeness (QED) is 0.802. The second-order valence-electron chi connectivity index (χ2n) is 4.17. The van der Waals surface area contributed by atoms with Gasteiger partial charge in [-0.15, -0.1) is 0 Å². The largest absolute Gasteiger partial charge is 0.274 e. The van der Waals surface area contributed by atoms with Crippen LogP contribution < -0.4 is 4.72 Å². The molecule has 0 aromatic heterocycles. The Morgan fingerprint density at radius 2 is 1.37 bits per heavy atom. The van der Waals surface area contributed by atoms with Crippen molar-refractivity contribution in [3.8, 4) is 0 Å². The molecule has 0 unspecified atom stereocenters. The number of hydrogen-bond donors (Lipinski definition) is 1. The predicted molar refractivity (Wildman–Crippen MR) is 83.6 cm³/mol. The number of sulfonamides is 1. The van der Waals surface area contributed by atoms with Gasteiger partial charge in [-0.1, -0.05) is 66.7 Å². The summed E-state index contributed by atoms with van der Waals surface area (Å²) in [4.78, 5) is 9.97. The third-order valence-electron chi connectivity index (χ3n) is 2.22. The van der Waals surface area contributed by atoms with Crippen molar-refractivity contribution in [1.29, 1.82) is 0 Å². The van der Waals surface area contributed by atoms with Gasteiger partial charge < -0.3 is 0 Å². The summed E-state index contributed by atoms with van der Waals surface area (Å²) in [6, 6.07) is 0. The highest BCUT2D eigenvalue weighted by molar-refractivity contribution is 7.89. The third-order valence-corrected chi connectivity index (χ3v) is 2.88. The summed E-state index contributed by atoms with van der Waals surface area (Å²) in [5, 5.41) is 0. The lowest BCUT2D eigenvalue weighted by molar-refractivity contribution is -0.117. The van der Waals surface area contributed by atoms with Crippen LogP contribution in [0.4, 0.5) is 0 Å². The molecule has 1 N–H and O–H groups in total. The molecule has 0 heterocycles. The zero-order valence-corrected chi connectivity index (χ0v) is 14.6. The Hall–Kier alpha value is -0.580. The van der Waals surface area contributed by atoms with Gasteiger partial charge in [0.25, 0.3) is 0 Å². The average molecular weight is 295 g/mol. The minimum atomic E-state index is -3.32. The molecule has 1 aliphatic rings. The maximum absolute atomic E-state index is 10.1. The third kappa shape index (κ3) is 26.9. The molecule has 118 valence electrons. The van der Waals surface area contributed by atoms with Crippen molar-refractivity contribution in [2.45, 2.75) is 73.6 Å². The van der Waals surface area contributed by atoms with Crippen LogP contribution in [-0.2, 0) is 14.8 Å². The Morgan fingerprint density at radius 3 is 1.47 bits per heavy atom. The summed E-state index contributed by atoms with van der Waals surface area (Å²) >= 11 is 0. The van der Waals surface area contributed by atoms with Crippen molar-refractivity contribution in [1.82, 2.24) is 4.72 Å². The number of nitrogens with one attached hydrogen (secondary N) is 1. The first-order valence-electron chi connectivity index (χ1n) is 7.29. The van der Waals surface area contributed by atoms with Crippen LogP contribution in [-0.4, -0.2) is 20.6 Å². The predicted octanol–water partition coefficient (Wildman–Crippen LogP) is 3.72. The number of carbonyl (C=O) groups is 1. The molecule has 0 saturated heterocycles. The van der Waals surface area contributed by atoms with E-state index in [0.29, 0.717) is 0 Å². The summed E-state index contributed by atoms with van der Waals surface area (Å²) < 4.78 is 21.9. The number of hydrogen-bond acceptors (Lipinski definition) is 3. The van der Waals surface area contributed by atoms with E-state index in [1.165, 1.54) is 32.1 Å². The van der Waals surface area contributed by atoms with E-state index in [4.69, 9.17) is 0 Å². The van der Waals surface area contributed by atoms with Gasteiger partial charge in [0.1, 0.15) is 0 Å². The summed E-state index contributed by atoms with van der Waals surface area (Å²) in [5.41, 5.74) is 0. The van der Waals surface area contributed by atoms with Gasteiger partial charge in [0.05, 0.1) is 6.26 Å². The molecule has 1 rings (SSSR count). The second kappa shape index (κ2) is 15.5. The first kappa shape index (κ1) is 23.5. The van der Waals surface area contributed by atoms with Crippen LogP contribution in [0.1, 0.15) is 73.6 Å². The van der Waals surface area contributed by atoms with E-state index in [1.807, 2.05) is 27.7 Å². The Bertz CT molecular complexity index is 281. The molecule has 4 nitrogen and oxygen atoms in total. The number of carbonyl (C=O) groups excluding carboxylic acids is 1. The van der Waals surface area contributed by atoms with Gasteiger partial charge in [-0.05, 0) is 5.92 Å². The molecule has 19 heavy (non-hydrogen) atoms. The summed E-state index contributed by atoms with van der Waals surface area (Å²) in [6.45, 7) is 11.5. The molecule has 0 aliphatic heterocycles. The van der Waals surface area contributed by atoms with Gasteiger partial charge in [0.15, 0.2) is 0 Å². The van der Waals surface area contributed by atoms with Crippen LogP contribution in [0.2, 0.25) is 0 Å². The fraction of sp³-hybridized carbons (Fsp3) is 0.929. The van der Waals surface area contributed by atoms with Crippen LogP contribution in [0, 0.1) is 5.92 Å². The molecule has 1 aliphatic carbocycles. The van der Waals surface area contributed by atoms with E-state index in [-0.39, 0.29) is 0 Å². The van der Waals surface area contributed by atoms with Crippen LogP contribution in [0.5, 0.6) is 0 Å². The van der Waals surface area contributed by atoms with Gasteiger partial charge in [-0.3, -0.25) is 9.52 Å². The molecule has 0 radical (unpaired) electrons. The Labute approximate surface area is 120 Å². The molecule has 0 aromatic rings. The molecule has 0 bridgehead atoms. The van der Waals surface area contributed by atoms with Crippen molar-refractivity contribution < 1.29 is 13.2 Å². The summed E-state index contributed by atoms with van der Waals surface area (Å²) in [7, 11) is -3.32. The van der Waals surface area contributed by atoms with Crippen molar-refractivity contribution in [2.75, 3.05) is 6.26 Å². The zero-order chi connectivity index (χ0) is 15.9. The van der Waals surface area contributed by atoms with Gasteiger partial charge in [0, 0.05) is 6.92 Å². The van der Waals surface area contributed by atoms with Gasteiger partial charge in [0.2, 0.25) is 15.9 Å². The van der Waals surface area contributed by atoms with Crippen LogP contribution >= 0.6 is 0 Å². The van der Waals surface area contributed by atoms with E-state index in [2.05, 4.69) is 6.92 Å². The molecule has 5 heteroatoms. The maximum atomic E-state index is 10.1. The fourth-order valence-corrected chi connectivity index (χ4v) is 2.09. The van der Waals surface area contributed by atoms with E-state index in [0.717, 1.165) is 19.1 Å². The highest BCUT2D eigenvalue weighted by Gasteiger charge is 2.05. The molecular formula is C14H33NO3S. The van der Waals surface area contributed by atoms with Crippen molar-refractivity contribution in [2.24, 2.45) is 5.92 Å². The van der Waals surface area contributed by atoms with Crippen molar-refractivity contribution >= 4 is 15.9 Å². The first-order valence-corrected chi connectivity index (χ1v) is 9.19. The summed E-state index contributed by atoms with van der Waals surface area (Å²) in [5.74, 6) is 0.473. The Balaban J connectivity index is -0.000000214. The fourth-order valence-electron chi connectivity index (χ4n) is 1.57. The van der Waals surface area contributed by atoms with E-state index >= 15 is 0 Å². The minimum Gasteiger partial charge on any atom is -0.274 e. The second-order valence-corrected chi connectivity index (χ2v) is 5.92. The van der Waals surface area contributed by atoms with Gasteiger partial charge >= 0.3 is 0 Å². The lowest BCUT2D eigenvalue weighted by Gasteiger charge is -2.15. The van der Waals surface area contributed by atoms with Gasteiger partial charge in [-0.2, -0.15) is 0 Å². The maximum Gasteiger partial charge on any atom is 0.231 e. The molecule has 0 spiro atoms. The zero-order valence-electron chi connectivity index (χ0n) is 13.7. The van der Waals surface area contributed by atoms with Crippen molar-refractivity contribution in [3.63, 3.8) is 0 Å². The minimum absolute atomic E-state index is 0.562. The van der Waals surface area contributed by atoms with Crippen LogP contribution in [0.25, 0.3) is 0 Å². The van der Waals surface area contributed by atoms with E-state index in [1.54, 1.807) is 4.72 Å².